The number of aryl methyl sites for hydroxylation is 1. The summed E-state index contributed by atoms with van der Waals surface area (Å²) in [4.78, 5) is 11.0. The number of rotatable bonds is 3. The number of hydrogen-bond acceptors (Lipinski definition) is 3. The van der Waals surface area contributed by atoms with Crippen molar-refractivity contribution >= 4 is 16.9 Å². The largest absolute Gasteiger partial charge is 0.496 e. The van der Waals surface area contributed by atoms with E-state index in [1.807, 2.05) is 25.1 Å². The van der Waals surface area contributed by atoms with E-state index in [1.54, 1.807) is 25.3 Å². The minimum absolute atomic E-state index is 0.230. The molecule has 5 nitrogen and oxygen atoms in total. The molecule has 1 heterocycles. The first kappa shape index (κ1) is 13.2. The summed E-state index contributed by atoms with van der Waals surface area (Å²) in [6, 6.07) is 10.8. The smallest absolute Gasteiger partial charge is 0.335 e. The van der Waals surface area contributed by atoms with Crippen molar-refractivity contribution in [1.29, 1.82) is 0 Å². The van der Waals surface area contributed by atoms with Crippen molar-refractivity contribution in [2.24, 2.45) is 0 Å². The monoisotopic (exact) mass is 282 g/mol. The van der Waals surface area contributed by atoms with Gasteiger partial charge in [0.2, 0.25) is 0 Å². The highest BCUT2D eigenvalue weighted by Crippen LogP contribution is 2.34. The van der Waals surface area contributed by atoms with Gasteiger partial charge in [-0.2, -0.15) is 5.10 Å². The lowest BCUT2D eigenvalue weighted by Crippen LogP contribution is -1.95. The lowest BCUT2D eigenvalue weighted by molar-refractivity contribution is 0.0697. The number of aromatic nitrogens is 2. The number of fused-ring (bicyclic) bond motifs is 1. The molecule has 0 aliphatic heterocycles. The van der Waals surface area contributed by atoms with Crippen molar-refractivity contribution in [3.05, 3.63) is 47.5 Å². The van der Waals surface area contributed by atoms with Crippen molar-refractivity contribution in [2.75, 3.05) is 7.11 Å². The molecule has 0 atom stereocenters. The van der Waals surface area contributed by atoms with Crippen LogP contribution in [0.15, 0.2) is 36.4 Å². The lowest BCUT2D eigenvalue weighted by Gasteiger charge is -2.07. The number of hydrogen-bond donors (Lipinski definition) is 2. The summed E-state index contributed by atoms with van der Waals surface area (Å²) in [6.07, 6.45) is 0. The zero-order valence-corrected chi connectivity index (χ0v) is 11.7. The standard InChI is InChI=1S/C16H14N2O3/c1-9-3-6-14(21-2)12(7-9)15-11-5-4-10(16(19)20)8-13(11)17-18-15/h3-8H,1-2H3,(H,17,18)(H,19,20). The van der Waals surface area contributed by atoms with Crippen LogP contribution in [-0.4, -0.2) is 28.4 Å². The number of carbonyl (C=O) groups is 1. The van der Waals surface area contributed by atoms with E-state index in [2.05, 4.69) is 10.2 Å². The molecule has 1 aromatic heterocycles. The number of H-pyrrole nitrogens is 1. The summed E-state index contributed by atoms with van der Waals surface area (Å²) in [5.74, 6) is -0.225. The molecule has 106 valence electrons. The Hall–Kier alpha value is -2.82. The van der Waals surface area contributed by atoms with Gasteiger partial charge in [0.1, 0.15) is 11.4 Å². The number of carboxylic acid groups (broad SMARTS) is 1. The van der Waals surface area contributed by atoms with E-state index in [0.717, 1.165) is 28.0 Å². The van der Waals surface area contributed by atoms with Gasteiger partial charge in [-0.25, -0.2) is 4.79 Å². The fourth-order valence-electron chi connectivity index (χ4n) is 2.36. The van der Waals surface area contributed by atoms with Crippen molar-refractivity contribution < 1.29 is 14.6 Å². The fourth-order valence-corrected chi connectivity index (χ4v) is 2.36. The molecule has 2 N–H and O–H groups in total. The summed E-state index contributed by atoms with van der Waals surface area (Å²) in [6.45, 7) is 2.00. The molecule has 0 radical (unpaired) electrons. The number of aromatic carboxylic acids is 1. The average Bonchev–Trinajstić information content (AvgIpc) is 2.89. The number of ether oxygens (including phenoxy) is 1. The quantitative estimate of drug-likeness (QED) is 0.773. The first-order valence-electron chi connectivity index (χ1n) is 6.46. The van der Waals surface area contributed by atoms with Crippen LogP contribution in [-0.2, 0) is 0 Å². The van der Waals surface area contributed by atoms with E-state index in [-0.39, 0.29) is 5.56 Å². The average molecular weight is 282 g/mol. The highest BCUT2D eigenvalue weighted by atomic mass is 16.5. The molecule has 0 bridgehead atoms. The molecular weight excluding hydrogens is 268 g/mol. The molecule has 0 spiro atoms. The SMILES string of the molecule is COc1ccc(C)cc1-c1n[nH]c2cc(C(=O)O)ccc12. The molecular formula is C16H14N2O3. The van der Waals surface area contributed by atoms with Gasteiger partial charge in [0, 0.05) is 10.9 Å². The predicted octanol–water partition coefficient (Wildman–Crippen LogP) is 3.25. The first-order chi connectivity index (χ1) is 10.1. The van der Waals surface area contributed by atoms with Gasteiger partial charge in [-0.1, -0.05) is 11.6 Å². The Labute approximate surface area is 121 Å². The van der Waals surface area contributed by atoms with Crippen LogP contribution >= 0.6 is 0 Å². The number of aromatic amines is 1. The highest BCUT2D eigenvalue weighted by Gasteiger charge is 2.14. The summed E-state index contributed by atoms with van der Waals surface area (Å²) < 4.78 is 5.39. The minimum atomic E-state index is -0.957. The summed E-state index contributed by atoms with van der Waals surface area (Å²) in [5.41, 5.74) is 3.65. The van der Waals surface area contributed by atoms with Gasteiger partial charge in [0.25, 0.3) is 0 Å². The van der Waals surface area contributed by atoms with Gasteiger partial charge in [-0.15, -0.1) is 0 Å². The van der Waals surface area contributed by atoms with E-state index in [4.69, 9.17) is 9.84 Å². The van der Waals surface area contributed by atoms with Gasteiger partial charge in [-0.05, 0) is 37.3 Å². The van der Waals surface area contributed by atoms with Crippen LogP contribution < -0.4 is 4.74 Å². The molecule has 0 aliphatic carbocycles. The topological polar surface area (TPSA) is 75.2 Å². The third-order valence-corrected chi connectivity index (χ3v) is 3.42. The number of methoxy groups -OCH3 is 1. The van der Waals surface area contributed by atoms with Gasteiger partial charge in [0.05, 0.1) is 18.2 Å². The number of nitrogens with zero attached hydrogens (tertiary/aromatic N) is 1. The van der Waals surface area contributed by atoms with Gasteiger partial charge >= 0.3 is 5.97 Å². The third-order valence-electron chi connectivity index (χ3n) is 3.42. The van der Waals surface area contributed by atoms with Crippen LogP contribution in [0, 0.1) is 6.92 Å². The number of benzene rings is 2. The van der Waals surface area contributed by atoms with Gasteiger partial charge < -0.3 is 9.84 Å². The second-order valence-corrected chi connectivity index (χ2v) is 4.84. The Balaban J connectivity index is 2.22. The predicted molar refractivity (Wildman–Crippen MR) is 79.8 cm³/mol. The number of carboxylic acids is 1. The Bertz CT molecular complexity index is 837. The normalized spacial score (nSPS) is 10.8. The van der Waals surface area contributed by atoms with Crippen LogP contribution in [0.1, 0.15) is 15.9 Å². The van der Waals surface area contributed by atoms with Crippen molar-refractivity contribution in [3.63, 3.8) is 0 Å². The van der Waals surface area contributed by atoms with E-state index in [1.165, 1.54) is 0 Å². The van der Waals surface area contributed by atoms with Crippen molar-refractivity contribution in [3.8, 4) is 17.0 Å². The molecule has 0 unspecified atom stereocenters. The van der Waals surface area contributed by atoms with E-state index >= 15 is 0 Å². The molecule has 0 saturated carbocycles. The number of nitrogens with one attached hydrogen (secondary N) is 1. The second-order valence-electron chi connectivity index (χ2n) is 4.84. The molecule has 21 heavy (non-hydrogen) atoms. The van der Waals surface area contributed by atoms with Crippen LogP contribution in [0.5, 0.6) is 5.75 Å². The van der Waals surface area contributed by atoms with E-state index in [9.17, 15) is 4.79 Å². The molecule has 2 aromatic carbocycles. The summed E-state index contributed by atoms with van der Waals surface area (Å²) in [7, 11) is 1.62. The van der Waals surface area contributed by atoms with Gasteiger partial charge in [-0.3, -0.25) is 5.10 Å². The van der Waals surface area contributed by atoms with Crippen LogP contribution in [0.3, 0.4) is 0 Å². The maximum Gasteiger partial charge on any atom is 0.335 e. The van der Waals surface area contributed by atoms with Crippen LogP contribution in [0.4, 0.5) is 0 Å². The zero-order valence-electron chi connectivity index (χ0n) is 11.7. The minimum Gasteiger partial charge on any atom is -0.496 e. The molecule has 0 amide bonds. The molecule has 0 saturated heterocycles. The maximum absolute atomic E-state index is 11.0. The Morgan fingerprint density at radius 2 is 2.05 bits per heavy atom. The molecule has 0 aliphatic rings. The first-order valence-corrected chi connectivity index (χ1v) is 6.46. The Kier molecular flexibility index (Phi) is 3.10. The Morgan fingerprint density at radius 3 is 2.76 bits per heavy atom. The zero-order chi connectivity index (χ0) is 15.0. The molecule has 0 fully saturated rings. The lowest BCUT2D eigenvalue weighted by atomic mass is 10.0. The van der Waals surface area contributed by atoms with Crippen molar-refractivity contribution in [1.82, 2.24) is 10.2 Å². The molecule has 5 heteroatoms. The van der Waals surface area contributed by atoms with Gasteiger partial charge in [0.15, 0.2) is 0 Å². The highest BCUT2D eigenvalue weighted by molar-refractivity contribution is 5.99. The van der Waals surface area contributed by atoms with Crippen LogP contribution in [0.2, 0.25) is 0 Å². The van der Waals surface area contributed by atoms with Crippen LogP contribution in [0.25, 0.3) is 22.2 Å². The third kappa shape index (κ3) is 2.23. The summed E-state index contributed by atoms with van der Waals surface area (Å²) in [5, 5.41) is 17.1. The summed E-state index contributed by atoms with van der Waals surface area (Å²) >= 11 is 0. The fraction of sp³-hybridized carbons (Fsp3) is 0.125. The molecule has 3 aromatic rings. The van der Waals surface area contributed by atoms with E-state index < -0.39 is 5.97 Å². The van der Waals surface area contributed by atoms with Crippen molar-refractivity contribution in [2.45, 2.75) is 6.92 Å². The Morgan fingerprint density at radius 1 is 1.24 bits per heavy atom. The van der Waals surface area contributed by atoms with E-state index in [0.29, 0.717) is 5.52 Å². The molecule has 3 rings (SSSR count). The second kappa shape index (κ2) is 4.94. The maximum atomic E-state index is 11.0.